The summed E-state index contributed by atoms with van der Waals surface area (Å²) in [7, 11) is 0. The Hall–Kier alpha value is -0.450. The van der Waals surface area contributed by atoms with Crippen LogP contribution in [-0.4, -0.2) is 31.1 Å². The van der Waals surface area contributed by atoms with E-state index in [-0.39, 0.29) is 11.9 Å². The Labute approximate surface area is 135 Å². The van der Waals surface area contributed by atoms with E-state index in [0.29, 0.717) is 5.92 Å². The zero-order valence-corrected chi connectivity index (χ0v) is 14.0. The molecule has 0 amide bonds. The summed E-state index contributed by atoms with van der Waals surface area (Å²) in [6.07, 6.45) is 6.42. The van der Waals surface area contributed by atoms with Crippen LogP contribution in [0.1, 0.15) is 43.7 Å². The minimum atomic E-state index is -0.0570. The van der Waals surface area contributed by atoms with Crippen molar-refractivity contribution in [2.45, 2.75) is 38.1 Å². The van der Waals surface area contributed by atoms with Gasteiger partial charge in [0.25, 0.3) is 0 Å². The Kier molecular flexibility index (Phi) is 5.30. The second-order valence-corrected chi connectivity index (χ2v) is 7.21. The van der Waals surface area contributed by atoms with Crippen LogP contribution < -0.4 is 5.32 Å². The number of halogens is 2. The van der Waals surface area contributed by atoms with Gasteiger partial charge in [0.15, 0.2) is 0 Å². The van der Waals surface area contributed by atoms with E-state index in [1.807, 2.05) is 12.1 Å². The quantitative estimate of drug-likeness (QED) is 0.878. The lowest BCUT2D eigenvalue weighted by Gasteiger charge is -2.41. The Balaban J connectivity index is 1.89. The predicted octanol–water partition coefficient (Wildman–Crippen LogP) is 4.11. The van der Waals surface area contributed by atoms with Gasteiger partial charge in [-0.3, -0.25) is 4.90 Å². The minimum Gasteiger partial charge on any atom is -0.314 e. The molecule has 0 spiro atoms. The monoisotopic (exact) mass is 354 g/mol. The van der Waals surface area contributed by atoms with Gasteiger partial charge in [-0.25, -0.2) is 4.39 Å². The lowest BCUT2D eigenvalue weighted by Crippen LogP contribution is -2.47. The summed E-state index contributed by atoms with van der Waals surface area (Å²) >= 11 is 3.37. The fourth-order valence-corrected chi connectivity index (χ4v) is 4.23. The molecule has 1 atom stereocenters. The van der Waals surface area contributed by atoms with E-state index in [1.54, 1.807) is 6.07 Å². The molecule has 0 bridgehead atoms. The normalized spacial score (nSPS) is 23.1. The number of hydrogen-bond acceptors (Lipinski definition) is 2. The second-order valence-electron chi connectivity index (χ2n) is 6.29. The van der Waals surface area contributed by atoms with E-state index < -0.39 is 0 Å². The Morgan fingerprint density at radius 3 is 2.52 bits per heavy atom. The second kappa shape index (κ2) is 7.21. The van der Waals surface area contributed by atoms with Crippen LogP contribution in [-0.2, 0) is 0 Å². The smallest absolute Gasteiger partial charge is 0.129 e. The molecule has 0 unspecified atom stereocenters. The van der Waals surface area contributed by atoms with Crippen molar-refractivity contribution in [3.8, 4) is 0 Å². The molecular weight excluding hydrogens is 331 g/mol. The third-order valence-electron chi connectivity index (χ3n) is 4.92. The number of benzene rings is 1. The van der Waals surface area contributed by atoms with E-state index >= 15 is 0 Å². The van der Waals surface area contributed by atoms with Gasteiger partial charge in [-0.1, -0.05) is 41.3 Å². The Morgan fingerprint density at radius 1 is 1.14 bits per heavy atom. The van der Waals surface area contributed by atoms with Crippen molar-refractivity contribution in [2.75, 3.05) is 26.2 Å². The van der Waals surface area contributed by atoms with Crippen molar-refractivity contribution in [3.05, 3.63) is 34.1 Å². The fraction of sp³-hybridized carbons (Fsp3) is 0.647. The van der Waals surface area contributed by atoms with Crippen LogP contribution in [0.15, 0.2) is 22.7 Å². The first kappa shape index (κ1) is 15.4. The van der Waals surface area contributed by atoms with Crippen LogP contribution in [0.3, 0.4) is 0 Å². The first-order valence-electron chi connectivity index (χ1n) is 8.15. The standard InChI is InChI=1S/C17H24BrFN2/c18-14-6-7-15(16(19)12-14)17(13-4-2-1-3-5-13)21-10-8-20-9-11-21/h6-7,12-13,17,20H,1-5,8-11H2/t17-/m1/s1. The molecule has 1 aliphatic carbocycles. The molecule has 2 nitrogen and oxygen atoms in total. The van der Waals surface area contributed by atoms with Crippen molar-refractivity contribution >= 4 is 15.9 Å². The Bertz CT molecular complexity index is 450. The van der Waals surface area contributed by atoms with Crippen molar-refractivity contribution in [2.24, 2.45) is 5.92 Å². The molecule has 116 valence electrons. The van der Waals surface area contributed by atoms with E-state index in [1.165, 1.54) is 32.1 Å². The molecule has 2 fully saturated rings. The van der Waals surface area contributed by atoms with Crippen LogP contribution in [0, 0.1) is 11.7 Å². The molecule has 1 saturated carbocycles. The topological polar surface area (TPSA) is 15.3 Å². The third-order valence-corrected chi connectivity index (χ3v) is 5.42. The van der Waals surface area contributed by atoms with Gasteiger partial charge >= 0.3 is 0 Å². The van der Waals surface area contributed by atoms with Crippen LogP contribution in [0.2, 0.25) is 0 Å². The lowest BCUT2D eigenvalue weighted by atomic mass is 9.80. The highest BCUT2D eigenvalue weighted by molar-refractivity contribution is 9.10. The predicted molar refractivity (Wildman–Crippen MR) is 87.9 cm³/mol. The van der Waals surface area contributed by atoms with E-state index in [9.17, 15) is 4.39 Å². The van der Waals surface area contributed by atoms with Gasteiger partial charge in [-0.05, 0) is 30.9 Å². The molecule has 1 heterocycles. The summed E-state index contributed by atoms with van der Waals surface area (Å²) in [6.45, 7) is 4.08. The van der Waals surface area contributed by atoms with Crippen LogP contribution in [0.5, 0.6) is 0 Å². The van der Waals surface area contributed by atoms with Gasteiger partial charge in [0.05, 0.1) is 0 Å². The first-order chi connectivity index (χ1) is 10.3. The molecule has 1 N–H and O–H groups in total. The maximum atomic E-state index is 14.5. The van der Waals surface area contributed by atoms with Gasteiger partial charge in [-0.15, -0.1) is 0 Å². The molecule has 2 aliphatic rings. The van der Waals surface area contributed by atoms with Gasteiger partial charge in [0, 0.05) is 42.3 Å². The average Bonchev–Trinajstić information content (AvgIpc) is 2.52. The maximum Gasteiger partial charge on any atom is 0.129 e. The van der Waals surface area contributed by atoms with Crippen molar-refractivity contribution in [1.82, 2.24) is 10.2 Å². The molecule has 21 heavy (non-hydrogen) atoms. The van der Waals surface area contributed by atoms with Crippen molar-refractivity contribution < 1.29 is 4.39 Å². The van der Waals surface area contributed by atoms with Crippen molar-refractivity contribution in [1.29, 1.82) is 0 Å². The molecule has 1 saturated heterocycles. The molecule has 1 aromatic rings. The van der Waals surface area contributed by atoms with Crippen LogP contribution in [0.25, 0.3) is 0 Å². The summed E-state index contributed by atoms with van der Waals surface area (Å²) in [5.41, 5.74) is 0.895. The third kappa shape index (κ3) is 3.66. The summed E-state index contributed by atoms with van der Waals surface area (Å²) in [6, 6.07) is 5.84. The zero-order valence-electron chi connectivity index (χ0n) is 12.5. The zero-order chi connectivity index (χ0) is 14.7. The number of nitrogens with zero attached hydrogens (tertiary/aromatic N) is 1. The number of piperazine rings is 1. The summed E-state index contributed by atoms with van der Waals surface area (Å²) < 4.78 is 15.4. The number of nitrogens with one attached hydrogen (secondary N) is 1. The number of rotatable bonds is 3. The summed E-state index contributed by atoms with van der Waals surface area (Å²) in [5, 5.41) is 3.40. The molecule has 0 aromatic heterocycles. The van der Waals surface area contributed by atoms with Gasteiger partial charge in [-0.2, -0.15) is 0 Å². The van der Waals surface area contributed by atoms with Gasteiger partial charge in [0.1, 0.15) is 5.82 Å². The Morgan fingerprint density at radius 2 is 1.86 bits per heavy atom. The first-order valence-corrected chi connectivity index (χ1v) is 8.95. The molecule has 1 aliphatic heterocycles. The minimum absolute atomic E-state index is 0.0570. The molecular formula is C17H24BrFN2. The average molecular weight is 355 g/mol. The molecule has 4 heteroatoms. The summed E-state index contributed by atoms with van der Waals surface area (Å²) in [5.74, 6) is 0.547. The van der Waals surface area contributed by atoms with Crippen LogP contribution in [0.4, 0.5) is 4.39 Å². The van der Waals surface area contributed by atoms with E-state index in [2.05, 4.69) is 26.1 Å². The molecule has 1 aromatic carbocycles. The van der Waals surface area contributed by atoms with E-state index in [4.69, 9.17) is 0 Å². The van der Waals surface area contributed by atoms with Crippen molar-refractivity contribution in [3.63, 3.8) is 0 Å². The maximum absolute atomic E-state index is 14.5. The SMILES string of the molecule is Fc1cc(Br)ccc1[C@@H](C1CCCCC1)N1CCNCC1. The van der Waals surface area contributed by atoms with E-state index in [0.717, 1.165) is 36.2 Å². The lowest BCUT2D eigenvalue weighted by molar-refractivity contribution is 0.101. The fourth-order valence-electron chi connectivity index (χ4n) is 3.90. The van der Waals surface area contributed by atoms with Gasteiger partial charge < -0.3 is 5.32 Å². The highest BCUT2D eigenvalue weighted by Gasteiger charge is 2.32. The van der Waals surface area contributed by atoms with Crippen LogP contribution >= 0.6 is 15.9 Å². The highest BCUT2D eigenvalue weighted by atomic mass is 79.9. The number of hydrogen-bond donors (Lipinski definition) is 1. The molecule has 0 radical (unpaired) electrons. The van der Waals surface area contributed by atoms with Gasteiger partial charge in [0.2, 0.25) is 0 Å². The largest absolute Gasteiger partial charge is 0.314 e. The highest BCUT2D eigenvalue weighted by Crippen LogP contribution is 2.39. The molecule has 3 rings (SSSR count). The summed E-state index contributed by atoms with van der Waals surface area (Å²) in [4.78, 5) is 2.50.